The van der Waals surface area contributed by atoms with Crippen molar-refractivity contribution in [2.45, 2.75) is 58.3 Å². The van der Waals surface area contributed by atoms with E-state index in [4.69, 9.17) is 9.47 Å². The number of benzene rings is 1. The largest absolute Gasteiger partial charge is 0.488 e. The lowest BCUT2D eigenvalue weighted by Gasteiger charge is -2.41. The highest BCUT2D eigenvalue weighted by Gasteiger charge is 2.29. The van der Waals surface area contributed by atoms with Gasteiger partial charge in [0.1, 0.15) is 11.4 Å². The van der Waals surface area contributed by atoms with Crippen LogP contribution in [0.4, 0.5) is 10.5 Å². The lowest BCUT2D eigenvalue weighted by Crippen LogP contribution is -2.52. The zero-order valence-electron chi connectivity index (χ0n) is 17.0. The van der Waals surface area contributed by atoms with Gasteiger partial charge in [-0.1, -0.05) is 0 Å². The maximum Gasteiger partial charge on any atom is 0.321 e. The molecular formula is C21H33N3O3. The van der Waals surface area contributed by atoms with Crippen molar-refractivity contribution in [3.63, 3.8) is 0 Å². The Balaban J connectivity index is 1.46. The first-order valence-corrected chi connectivity index (χ1v) is 10.0. The Morgan fingerprint density at radius 3 is 2.41 bits per heavy atom. The number of hydrogen-bond donors (Lipinski definition) is 1. The van der Waals surface area contributed by atoms with Crippen molar-refractivity contribution in [3.05, 3.63) is 24.3 Å². The molecule has 1 aromatic rings. The van der Waals surface area contributed by atoms with Crippen LogP contribution in [0.15, 0.2) is 24.3 Å². The van der Waals surface area contributed by atoms with Gasteiger partial charge in [0.2, 0.25) is 0 Å². The molecular weight excluding hydrogens is 342 g/mol. The number of morpholine rings is 1. The van der Waals surface area contributed by atoms with Crippen LogP contribution in [0.1, 0.15) is 40.5 Å². The quantitative estimate of drug-likeness (QED) is 0.877. The molecule has 0 radical (unpaired) electrons. The van der Waals surface area contributed by atoms with E-state index in [1.165, 1.54) is 0 Å². The fourth-order valence-electron chi connectivity index (χ4n) is 3.77. The number of urea groups is 1. The van der Waals surface area contributed by atoms with Crippen molar-refractivity contribution >= 4 is 11.7 Å². The molecule has 1 atom stereocenters. The summed E-state index contributed by atoms with van der Waals surface area (Å²) in [5, 5.41) is 3.00. The van der Waals surface area contributed by atoms with Crippen molar-refractivity contribution in [2.24, 2.45) is 0 Å². The van der Waals surface area contributed by atoms with E-state index in [1.54, 1.807) is 0 Å². The number of nitrogens with one attached hydrogen (secondary N) is 1. The number of rotatable bonds is 3. The molecule has 2 aliphatic rings. The van der Waals surface area contributed by atoms with Gasteiger partial charge in [-0.25, -0.2) is 4.79 Å². The molecule has 0 saturated carbocycles. The maximum absolute atomic E-state index is 12.6. The van der Waals surface area contributed by atoms with Gasteiger partial charge in [0, 0.05) is 37.9 Å². The van der Waals surface area contributed by atoms with E-state index in [9.17, 15) is 4.79 Å². The van der Waals surface area contributed by atoms with E-state index in [0.29, 0.717) is 12.1 Å². The Hall–Kier alpha value is -1.79. The second kappa shape index (κ2) is 8.48. The zero-order chi connectivity index (χ0) is 19.4. The van der Waals surface area contributed by atoms with Gasteiger partial charge < -0.3 is 19.7 Å². The number of carbonyl (C=O) groups is 1. The summed E-state index contributed by atoms with van der Waals surface area (Å²) in [6.45, 7) is 12.6. The molecule has 2 aliphatic heterocycles. The molecule has 2 saturated heterocycles. The first-order chi connectivity index (χ1) is 12.8. The summed E-state index contributed by atoms with van der Waals surface area (Å²) in [4.78, 5) is 17.0. The summed E-state index contributed by atoms with van der Waals surface area (Å²) in [6, 6.07) is 8.11. The highest BCUT2D eigenvalue weighted by molar-refractivity contribution is 5.89. The second-order valence-electron chi connectivity index (χ2n) is 8.56. The molecule has 27 heavy (non-hydrogen) atoms. The summed E-state index contributed by atoms with van der Waals surface area (Å²) in [5.74, 6) is 0.807. The van der Waals surface area contributed by atoms with Gasteiger partial charge in [0.25, 0.3) is 0 Å². The predicted molar refractivity (Wildman–Crippen MR) is 107 cm³/mol. The first-order valence-electron chi connectivity index (χ1n) is 10.0. The standard InChI is InChI=1S/C21H33N3O3/c1-16-15-24(13-14-26-16)18-9-11-23(12-10-18)20(25)22-17-5-7-19(8-6-17)27-21(2,3)4/h5-8,16,18H,9-15H2,1-4H3,(H,22,25). The van der Waals surface area contributed by atoms with E-state index in [1.807, 2.05) is 49.9 Å². The van der Waals surface area contributed by atoms with E-state index in [0.717, 1.165) is 57.1 Å². The lowest BCUT2D eigenvalue weighted by atomic mass is 10.0. The van der Waals surface area contributed by atoms with E-state index >= 15 is 0 Å². The van der Waals surface area contributed by atoms with Crippen LogP contribution in [0.25, 0.3) is 0 Å². The van der Waals surface area contributed by atoms with E-state index in [2.05, 4.69) is 17.1 Å². The Morgan fingerprint density at radius 2 is 1.81 bits per heavy atom. The zero-order valence-corrected chi connectivity index (χ0v) is 17.0. The molecule has 1 aromatic carbocycles. The minimum atomic E-state index is -0.229. The summed E-state index contributed by atoms with van der Waals surface area (Å²) < 4.78 is 11.5. The summed E-state index contributed by atoms with van der Waals surface area (Å²) >= 11 is 0. The van der Waals surface area contributed by atoms with Crippen LogP contribution >= 0.6 is 0 Å². The molecule has 1 unspecified atom stereocenters. The molecule has 6 heteroatoms. The molecule has 0 spiro atoms. The highest BCUT2D eigenvalue weighted by Crippen LogP contribution is 2.22. The van der Waals surface area contributed by atoms with Crippen LogP contribution in [0, 0.1) is 0 Å². The van der Waals surface area contributed by atoms with Crippen LogP contribution in [-0.4, -0.2) is 66.4 Å². The van der Waals surface area contributed by atoms with Crippen molar-refractivity contribution in [1.82, 2.24) is 9.80 Å². The predicted octanol–water partition coefficient (Wildman–Crippen LogP) is 3.58. The fraction of sp³-hybridized carbons (Fsp3) is 0.667. The Morgan fingerprint density at radius 1 is 1.15 bits per heavy atom. The lowest BCUT2D eigenvalue weighted by molar-refractivity contribution is -0.0415. The third-order valence-corrected chi connectivity index (χ3v) is 5.07. The molecule has 0 aliphatic carbocycles. The average molecular weight is 376 g/mol. The number of anilines is 1. The summed E-state index contributed by atoms with van der Waals surface area (Å²) in [5.41, 5.74) is 0.568. The van der Waals surface area contributed by atoms with Crippen molar-refractivity contribution < 1.29 is 14.3 Å². The van der Waals surface area contributed by atoms with Crippen LogP contribution in [0.2, 0.25) is 0 Å². The number of amides is 2. The number of likely N-dealkylation sites (tertiary alicyclic amines) is 1. The number of nitrogens with zero attached hydrogens (tertiary/aromatic N) is 2. The van der Waals surface area contributed by atoms with Gasteiger partial charge in [0.15, 0.2) is 0 Å². The molecule has 0 bridgehead atoms. The van der Waals surface area contributed by atoms with Gasteiger partial charge in [-0.3, -0.25) is 4.90 Å². The van der Waals surface area contributed by atoms with Gasteiger partial charge >= 0.3 is 6.03 Å². The number of hydrogen-bond acceptors (Lipinski definition) is 4. The van der Waals surface area contributed by atoms with Crippen LogP contribution in [-0.2, 0) is 4.74 Å². The fourth-order valence-corrected chi connectivity index (χ4v) is 3.77. The Bertz CT molecular complexity index is 619. The van der Waals surface area contributed by atoms with Gasteiger partial charge in [-0.15, -0.1) is 0 Å². The third kappa shape index (κ3) is 5.84. The van der Waals surface area contributed by atoms with Gasteiger partial charge in [-0.05, 0) is 64.8 Å². The molecule has 150 valence electrons. The Kier molecular flexibility index (Phi) is 6.27. The monoisotopic (exact) mass is 375 g/mol. The molecule has 2 amide bonds. The van der Waals surface area contributed by atoms with E-state index < -0.39 is 0 Å². The third-order valence-electron chi connectivity index (χ3n) is 5.07. The molecule has 1 N–H and O–H groups in total. The maximum atomic E-state index is 12.6. The average Bonchev–Trinajstić information content (AvgIpc) is 2.62. The van der Waals surface area contributed by atoms with Gasteiger partial charge in [0.05, 0.1) is 12.7 Å². The SMILES string of the molecule is CC1CN(C2CCN(C(=O)Nc3ccc(OC(C)(C)C)cc3)CC2)CCO1. The van der Waals surface area contributed by atoms with Crippen molar-refractivity contribution in [2.75, 3.05) is 38.1 Å². The Labute approximate surface area is 162 Å². The number of ether oxygens (including phenoxy) is 2. The van der Waals surface area contributed by atoms with Gasteiger partial charge in [-0.2, -0.15) is 0 Å². The minimum absolute atomic E-state index is 0.0201. The van der Waals surface area contributed by atoms with Crippen molar-refractivity contribution in [1.29, 1.82) is 0 Å². The molecule has 0 aromatic heterocycles. The molecule has 2 fully saturated rings. The number of carbonyl (C=O) groups excluding carboxylic acids is 1. The van der Waals surface area contributed by atoms with Crippen molar-refractivity contribution in [3.8, 4) is 5.75 Å². The minimum Gasteiger partial charge on any atom is -0.488 e. The number of piperidine rings is 1. The molecule has 2 heterocycles. The summed E-state index contributed by atoms with van der Waals surface area (Å²) in [7, 11) is 0. The topological polar surface area (TPSA) is 54.0 Å². The smallest absolute Gasteiger partial charge is 0.321 e. The first kappa shape index (κ1) is 20.0. The van der Waals surface area contributed by atoms with E-state index in [-0.39, 0.29) is 11.6 Å². The molecule has 3 rings (SSSR count). The van der Waals surface area contributed by atoms with Crippen LogP contribution in [0.5, 0.6) is 5.75 Å². The molecule has 6 nitrogen and oxygen atoms in total. The van der Waals surface area contributed by atoms with Crippen LogP contribution in [0.3, 0.4) is 0 Å². The summed E-state index contributed by atoms with van der Waals surface area (Å²) in [6.07, 6.45) is 2.36. The van der Waals surface area contributed by atoms with Crippen LogP contribution < -0.4 is 10.1 Å². The highest BCUT2D eigenvalue weighted by atomic mass is 16.5. The normalized spacial score (nSPS) is 22.5. The second-order valence-corrected chi connectivity index (χ2v) is 8.56.